The summed E-state index contributed by atoms with van der Waals surface area (Å²) in [6, 6.07) is 13.4. The van der Waals surface area contributed by atoms with Crippen molar-refractivity contribution < 1.29 is 24.3 Å². The van der Waals surface area contributed by atoms with E-state index in [1.165, 1.54) is 29.5 Å². The molecule has 0 spiro atoms. The number of aliphatic carboxylic acids is 1. The van der Waals surface area contributed by atoms with Crippen molar-refractivity contribution in [2.24, 2.45) is 0 Å². The highest BCUT2D eigenvalue weighted by molar-refractivity contribution is 9.10. The van der Waals surface area contributed by atoms with Gasteiger partial charge in [0, 0.05) is 28.8 Å². The minimum Gasteiger partial charge on any atom is -0.480 e. The minimum absolute atomic E-state index is 0.142. The second-order valence-electron chi connectivity index (χ2n) is 7.17. The third-order valence-electron chi connectivity index (χ3n) is 4.70. The summed E-state index contributed by atoms with van der Waals surface area (Å²) in [5.41, 5.74) is 7.62. The fraction of sp³-hybridized carbons (Fsp3) is 0.130. The van der Waals surface area contributed by atoms with Crippen molar-refractivity contribution in [3.63, 3.8) is 0 Å². The Labute approximate surface area is 207 Å². The minimum atomic E-state index is -1.34. The Hall–Kier alpha value is -3.70. The standard InChI is InChI=1S/C23H21BrN4O5S/c24-17-10-14(20(29)26-11-13-3-1-4-15(25)9-13)6-7-16(17)21(30)28-18(23(32)33)12-27-22(31)19-5-2-8-34-19/h1-10,18H,11-12,25H2,(H,26,29)(H,27,31)(H,28,30)(H,32,33)/t18-/m0/s1. The largest absolute Gasteiger partial charge is 0.480 e. The Kier molecular flexibility index (Phi) is 8.39. The molecule has 2 aromatic carbocycles. The third kappa shape index (κ3) is 6.65. The van der Waals surface area contributed by atoms with Gasteiger partial charge in [-0.2, -0.15) is 0 Å². The number of nitrogens with two attached hydrogens (primary N) is 1. The lowest BCUT2D eigenvalue weighted by Crippen LogP contribution is -2.48. The first kappa shape index (κ1) is 24.9. The van der Waals surface area contributed by atoms with E-state index in [0.29, 0.717) is 20.6 Å². The zero-order valence-electron chi connectivity index (χ0n) is 17.7. The molecule has 1 atom stereocenters. The van der Waals surface area contributed by atoms with Gasteiger partial charge in [0.15, 0.2) is 0 Å². The van der Waals surface area contributed by atoms with E-state index in [-0.39, 0.29) is 24.6 Å². The lowest BCUT2D eigenvalue weighted by molar-refractivity contribution is -0.139. The Morgan fingerprint density at radius 3 is 2.41 bits per heavy atom. The molecule has 0 aliphatic heterocycles. The van der Waals surface area contributed by atoms with Crippen LogP contribution in [0.1, 0.15) is 36.0 Å². The molecule has 34 heavy (non-hydrogen) atoms. The van der Waals surface area contributed by atoms with Crippen LogP contribution in [-0.4, -0.2) is 41.4 Å². The molecule has 11 heteroatoms. The number of anilines is 1. The molecule has 0 radical (unpaired) electrons. The zero-order chi connectivity index (χ0) is 24.7. The number of carboxylic acid groups (broad SMARTS) is 1. The zero-order valence-corrected chi connectivity index (χ0v) is 20.1. The summed E-state index contributed by atoms with van der Waals surface area (Å²) in [6.07, 6.45) is 0. The number of hydrogen-bond donors (Lipinski definition) is 5. The maximum atomic E-state index is 12.7. The van der Waals surface area contributed by atoms with Gasteiger partial charge in [-0.3, -0.25) is 14.4 Å². The number of carboxylic acids is 1. The highest BCUT2D eigenvalue weighted by Gasteiger charge is 2.23. The average Bonchev–Trinajstić information content (AvgIpc) is 3.34. The molecular formula is C23H21BrN4O5S. The van der Waals surface area contributed by atoms with Gasteiger partial charge in [0.25, 0.3) is 17.7 Å². The van der Waals surface area contributed by atoms with Gasteiger partial charge < -0.3 is 26.8 Å². The summed E-state index contributed by atoms with van der Waals surface area (Å²) in [5.74, 6) is -2.75. The van der Waals surface area contributed by atoms with Crippen molar-refractivity contribution in [1.82, 2.24) is 16.0 Å². The number of benzene rings is 2. The van der Waals surface area contributed by atoms with E-state index < -0.39 is 23.8 Å². The second-order valence-corrected chi connectivity index (χ2v) is 8.98. The molecule has 6 N–H and O–H groups in total. The van der Waals surface area contributed by atoms with Crippen LogP contribution in [0.3, 0.4) is 0 Å². The number of thiophene rings is 1. The maximum absolute atomic E-state index is 12.7. The van der Waals surface area contributed by atoms with E-state index in [9.17, 15) is 24.3 Å². The lowest BCUT2D eigenvalue weighted by Gasteiger charge is -2.16. The van der Waals surface area contributed by atoms with Crippen LogP contribution in [0.5, 0.6) is 0 Å². The molecule has 0 unspecified atom stereocenters. The first-order chi connectivity index (χ1) is 16.2. The van der Waals surface area contributed by atoms with Gasteiger partial charge >= 0.3 is 5.97 Å². The maximum Gasteiger partial charge on any atom is 0.328 e. The lowest BCUT2D eigenvalue weighted by atomic mass is 10.1. The van der Waals surface area contributed by atoms with Crippen LogP contribution < -0.4 is 21.7 Å². The molecule has 0 aliphatic carbocycles. The van der Waals surface area contributed by atoms with Crippen molar-refractivity contribution in [3.05, 3.63) is 86.0 Å². The number of amides is 3. The predicted octanol–water partition coefficient (Wildman–Crippen LogP) is 2.64. The molecule has 0 saturated carbocycles. The van der Waals surface area contributed by atoms with Gasteiger partial charge in [-0.25, -0.2) is 4.79 Å². The summed E-state index contributed by atoms with van der Waals surface area (Å²) in [5, 5.41) is 18.8. The van der Waals surface area contributed by atoms with E-state index in [1.54, 1.807) is 35.7 Å². The van der Waals surface area contributed by atoms with Crippen LogP contribution in [0.15, 0.2) is 64.5 Å². The van der Waals surface area contributed by atoms with Gasteiger partial charge in [0.05, 0.1) is 10.4 Å². The Bertz CT molecular complexity index is 1220. The fourth-order valence-electron chi connectivity index (χ4n) is 2.95. The number of carbonyl (C=O) groups excluding carboxylic acids is 3. The van der Waals surface area contributed by atoms with Gasteiger partial charge in [0.1, 0.15) is 6.04 Å². The smallest absolute Gasteiger partial charge is 0.328 e. The molecule has 0 bridgehead atoms. The quantitative estimate of drug-likeness (QED) is 0.261. The van der Waals surface area contributed by atoms with E-state index in [4.69, 9.17) is 5.73 Å². The summed E-state index contributed by atoms with van der Waals surface area (Å²) in [7, 11) is 0. The number of rotatable bonds is 9. The monoisotopic (exact) mass is 544 g/mol. The summed E-state index contributed by atoms with van der Waals surface area (Å²) >= 11 is 4.48. The SMILES string of the molecule is Nc1cccc(CNC(=O)c2ccc(C(=O)N[C@@H](CNC(=O)c3cccs3)C(=O)O)c(Br)c2)c1. The number of carbonyl (C=O) groups is 4. The normalized spacial score (nSPS) is 11.3. The molecule has 0 saturated heterocycles. The van der Waals surface area contributed by atoms with Crippen LogP contribution in [0.4, 0.5) is 5.69 Å². The number of hydrogen-bond acceptors (Lipinski definition) is 6. The van der Waals surface area contributed by atoms with Gasteiger partial charge in [-0.05, 0) is 63.3 Å². The average molecular weight is 545 g/mol. The summed E-state index contributed by atoms with van der Waals surface area (Å²) < 4.78 is 0.313. The van der Waals surface area contributed by atoms with Gasteiger partial charge in [-0.15, -0.1) is 11.3 Å². The second kappa shape index (κ2) is 11.4. The molecule has 9 nitrogen and oxygen atoms in total. The molecule has 176 valence electrons. The van der Waals surface area contributed by atoms with Crippen LogP contribution in [-0.2, 0) is 11.3 Å². The summed E-state index contributed by atoms with van der Waals surface area (Å²) in [4.78, 5) is 49.2. The molecule has 1 heterocycles. The van der Waals surface area contributed by atoms with Gasteiger partial charge in [0.2, 0.25) is 0 Å². The Morgan fingerprint density at radius 2 is 1.76 bits per heavy atom. The van der Waals surface area contributed by atoms with E-state index in [0.717, 1.165) is 5.56 Å². The van der Waals surface area contributed by atoms with Crippen LogP contribution >= 0.6 is 27.3 Å². The van der Waals surface area contributed by atoms with E-state index >= 15 is 0 Å². The van der Waals surface area contributed by atoms with Crippen molar-refractivity contribution in [3.8, 4) is 0 Å². The predicted molar refractivity (Wildman–Crippen MR) is 132 cm³/mol. The molecular weight excluding hydrogens is 524 g/mol. The molecule has 3 rings (SSSR count). The molecule has 3 aromatic rings. The fourth-order valence-corrected chi connectivity index (χ4v) is 4.15. The Morgan fingerprint density at radius 1 is 0.971 bits per heavy atom. The highest BCUT2D eigenvalue weighted by Crippen LogP contribution is 2.19. The molecule has 0 fully saturated rings. The number of halogens is 1. The Balaban J connectivity index is 1.60. The molecule has 3 amide bonds. The topological polar surface area (TPSA) is 151 Å². The van der Waals surface area contributed by atoms with Crippen molar-refractivity contribution in [2.75, 3.05) is 12.3 Å². The van der Waals surface area contributed by atoms with Crippen molar-refractivity contribution in [1.29, 1.82) is 0 Å². The summed E-state index contributed by atoms with van der Waals surface area (Å²) in [6.45, 7) is -0.0128. The highest BCUT2D eigenvalue weighted by atomic mass is 79.9. The van der Waals surface area contributed by atoms with E-state index in [2.05, 4.69) is 31.9 Å². The first-order valence-corrected chi connectivity index (χ1v) is 11.7. The molecule has 0 aliphatic rings. The third-order valence-corrected chi connectivity index (χ3v) is 6.22. The van der Waals surface area contributed by atoms with E-state index in [1.807, 2.05) is 6.07 Å². The first-order valence-electron chi connectivity index (χ1n) is 10.0. The van der Waals surface area contributed by atoms with Crippen molar-refractivity contribution >= 4 is 56.6 Å². The van der Waals surface area contributed by atoms with Gasteiger partial charge in [-0.1, -0.05) is 18.2 Å². The van der Waals surface area contributed by atoms with Crippen LogP contribution in [0.25, 0.3) is 0 Å². The number of nitrogens with one attached hydrogen (secondary N) is 3. The number of nitrogen functional groups attached to an aromatic ring is 1. The van der Waals surface area contributed by atoms with Crippen LogP contribution in [0.2, 0.25) is 0 Å². The van der Waals surface area contributed by atoms with Crippen LogP contribution in [0, 0.1) is 0 Å². The van der Waals surface area contributed by atoms with Crippen molar-refractivity contribution in [2.45, 2.75) is 12.6 Å². The molecule has 1 aromatic heterocycles.